The number of anilines is 2. The summed E-state index contributed by atoms with van der Waals surface area (Å²) in [7, 11) is 0. The summed E-state index contributed by atoms with van der Waals surface area (Å²) >= 11 is 5.73. The van der Waals surface area contributed by atoms with E-state index in [0.717, 1.165) is 0 Å². The molecule has 0 saturated carbocycles. The highest BCUT2D eigenvalue weighted by atomic mass is 35.5. The van der Waals surface area contributed by atoms with E-state index in [2.05, 4.69) is 10.6 Å². The van der Waals surface area contributed by atoms with Gasteiger partial charge >= 0.3 is 0 Å². The third-order valence-electron chi connectivity index (χ3n) is 4.00. The molecule has 0 aliphatic rings. The Morgan fingerprint density at radius 1 is 0.931 bits per heavy atom. The predicted octanol–water partition coefficient (Wildman–Crippen LogP) is 5.14. The minimum Gasteiger partial charge on any atom is -0.481 e. The molecule has 1 unspecified atom stereocenters. The molecule has 2 amide bonds. The molecule has 0 aliphatic carbocycles. The van der Waals surface area contributed by atoms with Crippen molar-refractivity contribution in [1.29, 1.82) is 0 Å². The van der Waals surface area contributed by atoms with Gasteiger partial charge in [-0.05, 0) is 55.5 Å². The second-order valence-corrected chi connectivity index (χ2v) is 6.63. The van der Waals surface area contributed by atoms with Gasteiger partial charge in [-0.15, -0.1) is 0 Å². The summed E-state index contributed by atoms with van der Waals surface area (Å²) in [4.78, 5) is 24.8. The van der Waals surface area contributed by atoms with Gasteiger partial charge in [0, 0.05) is 16.9 Å². The van der Waals surface area contributed by atoms with Crippen molar-refractivity contribution in [3.8, 4) is 5.75 Å². The van der Waals surface area contributed by atoms with Crippen molar-refractivity contribution >= 4 is 34.8 Å². The summed E-state index contributed by atoms with van der Waals surface area (Å²) in [5, 5.41) is 5.27. The third kappa shape index (κ3) is 5.56. The summed E-state index contributed by atoms with van der Waals surface area (Å²) in [5.41, 5.74) is 1.13. The lowest BCUT2D eigenvalue weighted by molar-refractivity contribution is -0.122. The Hall–Kier alpha value is -3.38. The van der Waals surface area contributed by atoms with E-state index in [4.69, 9.17) is 16.3 Å². The zero-order valence-corrected chi connectivity index (χ0v) is 16.2. The number of amides is 2. The lowest BCUT2D eigenvalue weighted by atomic mass is 10.1. The molecule has 1 atom stereocenters. The van der Waals surface area contributed by atoms with E-state index in [1.165, 1.54) is 24.3 Å². The maximum atomic E-state index is 13.2. The summed E-state index contributed by atoms with van der Waals surface area (Å²) in [5.74, 6) is -0.753. The van der Waals surface area contributed by atoms with E-state index in [1.807, 2.05) is 18.2 Å². The predicted molar refractivity (Wildman–Crippen MR) is 111 cm³/mol. The van der Waals surface area contributed by atoms with Gasteiger partial charge in [0.05, 0.1) is 5.02 Å². The van der Waals surface area contributed by atoms with Crippen LogP contribution in [0.4, 0.5) is 15.8 Å². The first-order valence-electron chi connectivity index (χ1n) is 8.81. The monoisotopic (exact) mass is 412 g/mol. The van der Waals surface area contributed by atoms with Gasteiger partial charge in [0.1, 0.15) is 11.6 Å². The van der Waals surface area contributed by atoms with Crippen LogP contribution in [0.25, 0.3) is 0 Å². The zero-order valence-electron chi connectivity index (χ0n) is 15.5. The molecule has 3 rings (SSSR count). The SMILES string of the molecule is CC(Oc1ccccc1)C(=O)Nc1cccc(C(=O)Nc2ccc(F)c(Cl)c2)c1. The van der Waals surface area contributed by atoms with Gasteiger partial charge in [-0.1, -0.05) is 35.9 Å². The van der Waals surface area contributed by atoms with Crippen molar-refractivity contribution in [3.63, 3.8) is 0 Å². The van der Waals surface area contributed by atoms with Crippen LogP contribution in [0.15, 0.2) is 72.8 Å². The summed E-state index contributed by atoms with van der Waals surface area (Å²) in [6.07, 6.45) is -0.726. The Kier molecular flexibility index (Phi) is 6.46. The molecule has 0 saturated heterocycles. The maximum absolute atomic E-state index is 13.2. The van der Waals surface area contributed by atoms with E-state index < -0.39 is 17.8 Å². The number of benzene rings is 3. The molecule has 29 heavy (non-hydrogen) atoms. The van der Waals surface area contributed by atoms with Crippen LogP contribution in [0.3, 0.4) is 0 Å². The standard InChI is InChI=1S/C22H18ClFN2O3/c1-14(29-18-8-3-2-4-9-18)21(27)25-16-7-5-6-15(12-16)22(28)26-17-10-11-20(24)19(23)13-17/h2-14H,1H3,(H,25,27)(H,26,28). The van der Waals surface area contributed by atoms with Crippen molar-refractivity contribution in [2.45, 2.75) is 13.0 Å². The fourth-order valence-corrected chi connectivity index (χ4v) is 2.70. The Bertz CT molecular complexity index is 1030. The van der Waals surface area contributed by atoms with Gasteiger partial charge < -0.3 is 15.4 Å². The minimum atomic E-state index is -0.726. The summed E-state index contributed by atoms with van der Waals surface area (Å²) in [6.45, 7) is 1.64. The van der Waals surface area contributed by atoms with E-state index in [9.17, 15) is 14.0 Å². The molecule has 0 fully saturated rings. The summed E-state index contributed by atoms with van der Waals surface area (Å²) < 4.78 is 18.8. The number of rotatable bonds is 6. The molecular weight excluding hydrogens is 395 g/mol. The molecule has 0 radical (unpaired) electrons. The number of para-hydroxylation sites is 1. The molecule has 0 heterocycles. The molecule has 3 aromatic carbocycles. The molecular formula is C22H18ClFN2O3. The van der Waals surface area contributed by atoms with Gasteiger partial charge in [0.25, 0.3) is 11.8 Å². The van der Waals surface area contributed by atoms with Crippen LogP contribution in [0.5, 0.6) is 5.75 Å². The van der Waals surface area contributed by atoms with Crippen molar-refractivity contribution in [3.05, 3.63) is 89.2 Å². The quantitative estimate of drug-likeness (QED) is 0.589. The van der Waals surface area contributed by atoms with Crippen LogP contribution in [0.1, 0.15) is 17.3 Å². The van der Waals surface area contributed by atoms with Gasteiger partial charge in [-0.2, -0.15) is 0 Å². The number of halogens is 2. The van der Waals surface area contributed by atoms with Crippen LogP contribution < -0.4 is 15.4 Å². The average molecular weight is 413 g/mol. The van der Waals surface area contributed by atoms with Crippen LogP contribution >= 0.6 is 11.6 Å². The highest BCUT2D eigenvalue weighted by Gasteiger charge is 2.16. The Labute approximate surface area is 172 Å². The first kappa shape index (κ1) is 20.4. The molecule has 0 aliphatic heterocycles. The summed E-state index contributed by atoms with van der Waals surface area (Å²) in [6, 6.07) is 19.4. The van der Waals surface area contributed by atoms with E-state index in [1.54, 1.807) is 37.3 Å². The zero-order chi connectivity index (χ0) is 20.8. The highest BCUT2D eigenvalue weighted by Crippen LogP contribution is 2.20. The Morgan fingerprint density at radius 2 is 1.66 bits per heavy atom. The number of ether oxygens (including phenoxy) is 1. The Morgan fingerprint density at radius 3 is 2.38 bits per heavy atom. The highest BCUT2D eigenvalue weighted by molar-refractivity contribution is 6.31. The number of hydrogen-bond donors (Lipinski definition) is 2. The van der Waals surface area contributed by atoms with Crippen molar-refractivity contribution in [2.75, 3.05) is 10.6 Å². The van der Waals surface area contributed by atoms with E-state index in [-0.39, 0.29) is 10.9 Å². The largest absolute Gasteiger partial charge is 0.481 e. The molecule has 0 aromatic heterocycles. The molecule has 7 heteroatoms. The normalized spacial score (nSPS) is 11.4. The number of carbonyl (C=O) groups is 2. The van der Waals surface area contributed by atoms with Crippen molar-refractivity contribution in [1.82, 2.24) is 0 Å². The molecule has 0 spiro atoms. The van der Waals surface area contributed by atoms with Crippen LogP contribution in [0.2, 0.25) is 5.02 Å². The first-order valence-corrected chi connectivity index (χ1v) is 9.19. The fraction of sp³-hybridized carbons (Fsp3) is 0.0909. The number of hydrogen-bond acceptors (Lipinski definition) is 3. The molecule has 0 bridgehead atoms. The van der Waals surface area contributed by atoms with Crippen molar-refractivity contribution in [2.24, 2.45) is 0 Å². The van der Waals surface area contributed by atoms with Crippen molar-refractivity contribution < 1.29 is 18.7 Å². The lowest BCUT2D eigenvalue weighted by Crippen LogP contribution is -2.30. The minimum absolute atomic E-state index is 0.0868. The lowest BCUT2D eigenvalue weighted by Gasteiger charge is -2.15. The second kappa shape index (κ2) is 9.21. The van der Waals surface area contributed by atoms with Gasteiger partial charge in [0.15, 0.2) is 6.10 Å². The fourth-order valence-electron chi connectivity index (χ4n) is 2.52. The third-order valence-corrected chi connectivity index (χ3v) is 4.28. The molecule has 5 nitrogen and oxygen atoms in total. The molecule has 148 valence electrons. The van der Waals surface area contributed by atoms with Crippen LogP contribution in [-0.2, 0) is 4.79 Å². The first-order chi connectivity index (χ1) is 13.9. The Balaban J connectivity index is 1.64. The maximum Gasteiger partial charge on any atom is 0.265 e. The second-order valence-electron chi connectivity index (χ2n) is 6.23. The number of nitrogens with one attached hydrogen (secondary N) is 2. The average Bonchev–Trinajstić information content (AvgIpc) is 2.71. The van der Waals surface area contributed by atoms with Crippen LogP contribution in [0, 0.1) is 5.82 Å². The van der Waals surface area contributed by atoms with Gasteiger partial charge in [0.2, 0.25) is 0 Å². The van der Waals surface area contributed by atoms with Gasteiger partial charge in [-0.3, -0.25) is 9.59 Å². The van der Waals surface area contributed by atoms with Crippen LogP contribution in [-0.4, -0.2) is 17.9 Å². The van der Waals surface area contributed by atoms with E-state index in [0.29, 0.717) is 22.7 Å². The van der Waals surface area contributed by atoms with E-state index >= 15 is 0 Å². The number of carbonyl (C=O) groups excluding carboxylic acids is 2. The smallest absolute Gasteiger partial charge is 0.265 e. The molecule has 3 aromatic rings. The molecule has 2 N–H and O–H groups in total. The topological polar surface area (TPSA) is 67.4 Å². The van der Waals surface area contributed by atoms with Gasteiger partial charge in [-0.25, -0.2) is 4.39 Å².